The lowest BCUT2D eigenvalue weighted by Crippen LogP contribution is -2.54. The van der Waals surface area contributed by atoms with Gasteiger partial charge in [0.15, 0.2) is 5.96 Å². The molecule has 1 saturated heterocycles. The van der Waals surface area contributed by atoms with Crippen molar-refractivity contribution in [2.75, 3.05) is 46.4 Å². The van der Waals surface area contributed by atoms with Crippen LogP contribution in [-0.2, 0) is 4.74 Å². The molecule has 1 N–H and O–H groups in total. The number of halogens is 2. The fraction of sp³-hybridized carbons (Fsp3) is 0.556. The molecule has 9 heteroatoms. The Morgan fingerprint density at radius 2 is 1.96 bits per heavy atom. The number of nitrogens with zero attached hydrogens (tertiary/aromatic N) is 3. The van der Waals surface area contributed by atoms with Crippen molar-refractivity contribution in [3.05, 3.63) is 30.1 Å². The monoisotopic (exact) mass is 494 g/mol. The number of nitrogens with one attached hydrogen (secondary N) is 1. The van der Waals surface area contributed by atoms with Gasteiger partial charge < -0.3 is 24.6 Å². The fourth-order valence-corrected chi connectivity index (χ4v) is 2.70. The number of rotatable bonds is 5. The first-order valence-corrected chi connectivity index (χ1v) is 8.83. The first kappa shape index (κ1) is 23.3. The van der Waals surface area contributed by atoms with Crippen LogP contribution in [0.25, 0.3) is 0 Å². The number of amides is 1. The number of guanidine groups is 1. The van der Waals surface area contributed by atoms with Gasteiger partial charge >= 0.3 is 6.09 Å². The van der Waals surface area contributed by atoms with Crippen molar-refractivity contribution >= 4 is 36.0 Å². The molecule has 27 heavy (non-hydrogen) atoms. The fourth-order valence-electron chi connectivity index (χ4n) is 2.70. The van der Waals surface area contributed by atoms with Crippen molar-refractivity contribution < 1.29 is 18.7 Å². The largest absolute Gasteiger partial charge is 0.489 e. The minimum Gasteiger partial charge on any atom is -0.489 e. The highest BCUT2D eigenvalue weighted by molar-refractivity contribution is 14.0. The number of piperazine rings is 1. The molecule has 0 spiro atoms. The Kier molecular flexibility index (Phi) is 10.2. The third kappa shape index (κ3) is 7.39. The average Bonchev–Trinajstić information content (AvgIpc) is 2.63. The minimum atomic E-state index is -0.321. The summed E-state index contributed by atoms with van der Waals surface area (Å²) < 4.78 is 23.9. The van der Waals surface area contributed by atoms with Gasteiger partial charge in [0.1, 0.15) is 17.7 Å². The van der Waals surface area contributed by atoms with Crippen LogP contribution in [0.15, 0.2) is 29.3 Å². The zero-order chi connectivity index (χ0) is 18.9. The Hall–Kier alpha value is -1.78. The Morgan fingerprint density at radius 3 is 2.56 bits per heavy atom. The summed E-state index contributed by atoms with van der Waals surface area (Å²) in [6, 6.07) is 6.09. The van der Waals surface area contributed by atoms with Gasteiger partial charge in [-0.3, -0.25) is 4.99 Å². The third-order valence-corrected chi connectivity index (χ3v) is 4.00. The molecule has 1 aromatic rings. The molecule has 0 saturated carbocycles. The molecule has 152 valence electrons. The maximum atomic E-state index is 13.2. The number of carbonyl (C=O) groups excluding carboxylic acids is 1. The standard InChI is InChI=1S/C18H27FN4O3.HI/c1-4-25-18(24)23-10-8-22(9-11-23)17(20-3)21-13-14(2)26-16-7-5-6-15(19)12-16;/h5-7,12,14H,4,8-11,13H2,1-3H3,(H,20,21);1H. The summed E-state index contributed by atoms with van der Waals surface area (Å²) in [5, 5.41) is 3.27. The summed E-state index contributed by atoms with van der Waals surface area (Å²) in [4.78, 5) is 19.8. The van der Waals surface area contributed by atoms with E-state index in [2.05, 4.69) is 15.2 Å². The maximum Gasteiger partial charge on any atom is 0.409 e. The summed E-state index contributed by atoms with van der Waals surface area (Å²) in [5.41, 5.74) is 0. The molecule has 1 aliphatic heterocycles. The molecular formula is C18H28FIN4O3. The Balaban J connectivity index is 0.00000364. The molecule has 0 radical (unpaired) electrons. The van der Waals surface area contributed by atoms with Crippen molar-refractivity contribution in [1.82, 2.24) is 15.1 Å². The number of benzene rings is 1. The van der Waals surface area contributed by atoms with Gasteiger partial charge in [0.2, 0.25) is 0 Å². The van der Waals surface area contributed by atoms with Crippen LogP contribution in [0.2, 0.25) is 0 Å². The van der Waals surface area contributed by atoms with Gasteiger partial charge in [-0.05, 0) is 26.0 Å². The number of hydrogen-bond donors (Lipinski definition) is 1. The minimum absolute atomic E-state index is 0. The maximum absolute atomic E-state index is 13.2. The molecule has 1 unspecified atom stereocenters. The second kappa shape index (κ2) is 11.8. The summed E-state index contributed by atoms with van der Waals surface area (Å²) in [5.74, 6) is 0.929. The highest BCUT2D eigenvalue weighted by Crippen LogP contribution is 2.13. The average molecular weight is 494 g/mol. The molecule has 0 aliphatic carbocycles. The first-order chi connectivity index (χ1) is 12.5. The van der Waals surface area contributed by atoms with E-state index in [1.54, 1.807) is 31.0 Å². The predicted octanol–water partition coefficient (Wildman–Crippen LogP) is 2.56. The van der Waals surface area contributed by atoms with E-state index in [4.69, 9.17) is 9.47 Å². The SMILES string of the molecule is CCOC(=O)N1CCN(C(=NC)NCC(C)Oc2cccc(F)c2)CC1.I. The molecule has 2 rings (SSSR count). The summed E-state index contributed by atoms with van der Waals surface area (Å²) in [6.45, 7) is 7.16. The Morgan fingerprint density at radius 1 is 1.30 bits per heavy atom. The Bertz CT molecular complexity index is 624. The third-order valence-electron chi connectivity index (χ3n) is 4.00. The second-order valence-electron chi connectivity index (χ2n) is 5.99. The molecule has 7 nitrogen and oxygen atoms in total. The van der Waals surface area contributed by atoms with E-state index >= 15 is 0 Å². The number of aliphatic imine (C=N–C) groups is 1. The smallest absolute Gasteiger partial charge is 0.409 e. The van der Waals surface area contributed by atoms with Gasteiger partial charge in [-0.15, -0.1) is 24.0 Å². The summed E-state index contributed by atoms with van der Waals surface area (Å²) in [6.07, 6.45) is -0.429. The van der Waals surface area contributed by atoms with Crippen molar-refractivity contribution in [3.63, 3.8) is 0 Å². The van der Waals surface area contributed by atoms with Gasteiger partial charge in [-0.2, -0.15) is 0 Å². The predicted molar refractivity (Wildman–Crippen MR) is 113 cm³/mol. The lowest BCUT2D eigenvalue weighted by molar-refractivity contribution is 0.0913. The first-order valence-electron chi connectivity index (χ1n) is 8.83. The van der Waals surface area contributed by atoms with Crippen LogP contribution in [-0.4, -0.2) is 74.3 Å². The number of ether oxygens (including phenoxy) is 2. The normalized spacial score (nSPS) is 15.6. The van der Waals surface area contributed by atoms with Crippen LogP contribution < -0.4 is 10.1 Å². The lowest BCUT2D eigenvalue weighted by Gasteiger charge is -2.36. The molecule has 1 fully saturated rings. The van der Waals surface area contributed by atoms with E-state index in [0.717, 1.165) is 5.96 Å². The van der Waals surface area contributed by atoms with Crippen LogP contribution in [0.5, 0.6) is 5.75 Å². The zero-order valence-corrected chi connectivity index (χ0v) is 18.3. The van der Waals surface area contributed by atoms with E-state index in [9.17, 15) is 9.18 Å². The van der Waals surface area contributed by atoms with Gasteiger partial charge in [0.25, 0.3) is 0 Å². The van der Waals surface area contributed by atoms with E-state index in [0.29, 0.717) is 45.1 Å². The van der Waals surface area contributed by atoms with Gasteiger partial charge in [0.05, 0.1) is 13.2 Å². The molecule has 0 bridgehead atoms. The van der Waals surface area contributed by atoms with E-state index in [-0.39, 0.29) is 42.0 Å². The van der Waals surface area contributed by atoms with Crippen molar-refractivity contribution in [1.29, 1.82) is 0 Å². The van der Waals surface area contributed by atoms with Crippen LogP contribution in [0.3, 0.4) is 0 Å². The van der Waals surface area contributed by atoms with Crippen LogP contribution >= 0.6 is 24.0 Å². The second-order valence-corrected chi connectivity index (χ2v) is 5.99. The van der Waals surface area contributed by atoms with E-state index in [1.165, 1.54) is 12.1 Å². The highest BCUT2D eigenvalue weighted by Gasteiger charge is 2.23. The summed E-state index contributed by atoms with van der Waals surface area (Å²) in [7, 11) is 1.72. The summed E-state index contributed by atoms with van der Waals surface area (Å²) >= 11 is 0. The number of hydrogen-bond acceptors (Lipinski definition) is 4. The topological polar surface area (TPSA) is 66.4 Å². The van der Waals surface area contributed by atoms with Crippen LogP contribution in [0.1, 0.15) is 13.8 Å². The van der Waals surface area contributed by atoms with Crippen LogP contribution in [0.4, 0.5) is 9.18 Å². The Labute approximate surface area is 176 Å². The lowest BCUT2D eigenvalue weighted by atomic mass is 10.3. The zero-order valence-electron chi connectivity index (χ0n) is 16.0. The molecule has 1 amide bonds. The highest BCUT2D eigenvalue weighted by atomic mass is 127. The molecule has 1 aromatic carbocycles. The quantitative estimate of drug-likeness (QED) is 0.388. The molecule has 1 heterocycles. The molecule has 1 aliphatic rings. The van der Waals surface area contributed by atoms with E-state index in [1.807, 2.05) is 6.92 Å². The van der Waals surface area contributed by atoms with Gasteiger partial charge in [0, 0.05) is 39.3 Å². The van der Waals surface area contributed by atoms with Crippen LogP contribution in [0, 0.1) is 5.82 Å². The van der Waals surface area contributed by atoms with Gasteiger partial charge in [-0.25, -0.2) is 9.18 Å². The van der Waals surface area contributed by atoms with E-state index < -0.39 is 0 Å². The molecular weight excluding hydrogens is 466 g/mol. The van der Waals surface area contributed by atoms with Crippen molar-refractivity contribution in [2.45, 2.75) is 20.0 Å². The van der Waals surface area contributed by atoms with Crippen molar-refractivity contribution in [3.8, 4) is 5.75 Å². The van der Waals surface area contributed by atoms with Crippen molar-refractivity contribution in [2.24, 2.45) is 4.99 Å². The molecule has 0 aromatic heterocycles. The number of carbonyl (C=O) groups is 1. The van der Waals surface area contributed by atoms with Gasteiger partial charge in [-0.1, -0.05) is 6.07 Å². The molecule has 1 atom stereocenters.